The third kappa shape index (κ3) is 4.60. The Kier molecular flexibility index (Phi) is 6.18. The van der Waals surface area contributed by atoms with Crippen molar-refractivity contribution < 1.29 is 35.5 Å². The number of rotatable bonds is 5. The first-order chi connectivity index (χ1) is 12.5. The van der Waals surface area contributed by atoms with E-state index in [0.717, 1.165) is 5.56 Å². The lowest BCUT2D eigenvalue weighted by Crippen LogP contribution is -2.62. The van der Waals surface area contributed by atoms with Crippen molar-refractivity contribution in [2.75, 3.05) is 32.7 Å². The molecule has 3 nitrogen and oxygen atoms in total. The molecule has 1 amide bonds. The van der Waals surface area contributed by atoms with Crippen LogP contribution in [0.15, 0.2) is 36.4 Å². The summed E-state index contributed by atoms with van der Waals surface area (Å²) in [5.74, 6) is -14.8. The molecule has 0 radical (unpaired) electrons. The third-order valence-corrected chi connectivity index (χ3v) is 4.15. The molecule has 0 saturated carbocycles. The van der Waals surface area contributed by atoms with Crippen molar-refractivity contribution in [3.05, 3.63) is 42.0 Å². The first-order valence-corrected chi connectivity index (χ1v) is 8.02. The predicted molar refractivity (Wildman–Crippen MR) is 84.4 cm³/mol. The van der Waals surface area contributed by atoms with E-state index in [-0.39, 0.29) is 26.2 Å². The summed E-state index contributed by atoms with van der Waals surface area (Å²) in [7, 11) is 0. The summed E-state index contributed by atoms with van der Waals surface area (Å²) in [5, 5.41) is 0. The number of hydrogen-bond donors (Lipinski definition) is 0. The summed E-state index contributed by atoms with van der Waals surface area (Å²) in [6.45, 7) is -0.133. The average Bonchev–Trinajstić information content (AvgIpc) is 2.61. The molecule has 10 heteroatoms. The van der Waals surface area contributed by atoms with Crippen LogP contribution in [0.25, 0.3) is 6.08 Å². The van der Waals surface area contributed by atoms with Gasteiger partial charge in [-0.25, -0.2) is 0 Å². The Balaban J connectivity index is 1.91. The van der Waals surface area contributed by atoms with Gasteiger partial charge in [-0.1, -0.05) is 42.5 Å². The van der Waals surface area contributed by atoms with Crippen LogP contribution in [-0.2, 0) is 4.79 Å². The summed E-state index contributed by atoms with van der Waals surface area (Å²) in [4.78, 5) is 13.7. The zero-order valence-electron chi connectivity index (χ0n) is 14.0. The maximum absolute atomic E-state index is 13.5. The summed E-state index contributed by atoms with van der Waals surface area (Å²) < 4.78 is 89.5. The molecule has 0 N–H and O–H groups in total. The number of benzene rings is 1. The van der Waals surface area contributed by atoms with Gasteiger partial charge in [0.1, 0.15) is 0 Å². The van der Waals surface area contributed by atoms with Crippen LogP contribution in [0.3, 0.4) is 0 Å². The Labute approximate surface area is 151 Å². The van der Waals surface area contributed by atoms with Crippen molar-refractivity contribution in [2.45, 2.75) is 18.0 Å². The number of piperazine rings is 1. The first-order valence-electron chi connectivity index (χ1n) is 8.02. The number of carbonyl (C=O) groups is 1. The SMILES string of the molecule is O=C(N1CCN(C/C=C/c2ccccc2)CC1)C(F)(F)C(F)(F)C(F)(F)F. The molecule has 0 unspecified atom stereocenters. The fourth-order valence-corrected chi connectivity index (χ4v) is 2.55. The van der Waals surface area contributed by atoms with E-state index in [1.165, 1.54) is 0 Å². The highest BCUT2D eigenvalue weighted by Crippen LogP contribution is 2.47. The van der Waals surface area contributed by atoms with Crippen molar-refractivity contribution in [2.24, 2.45) is 0 Å². The number of amides is 1. The monoisotopic (exact) mass is 398 g/mol. The van der Waals surface area contributed by atoms with Crippen LogP contribution in [0.5, 0.6) is 0 Å². The Hall–Kier alpha value is -2.10. The number of hydrogen-bond acceptors (Lipinski definition) is 2. The molecule has 0 aromatic heterocycles. The minimum absolute atomic E-state index is 0.0819. The highest BCUT2D eigenvalue weighted by Gasteiger charge is 2.76. The minimum Gasteiger partial charge on any atom is -0.335 e. The largest absolute Gasteiger partial charge is 0.460 e. The maximum atomic E-state index is 13.5. The molecule has 1 heterocycles. The lowest BCUT2D eigenvalue weighted by atomic mass is 10.1. The van der Waals surface area contributed by atoms with Crippen molar-refractivity contribution in [3.8, 4) is 0 Å². The van der Waals surface area contributed by atoms with Gasteiger partial charge in [0.25, 0.3) is 5.91 Å². The molecule has 1 aliphatic heterocycles. The van der Waals surface area contributed by atoms with E-state index in [2.05, 4.69) is 0 Å². The second-order valence-corrected chi connectivity index (χ2v) is 6.05. The summed E-state index contributed by atoms with van der Waals surface area (Å²) in [6, 6.07) is 9.29. The molecule has 2 rings (SSSR count). The second-order valence-electron chi connectivity index (χ2n) is 6.05. The number of alkyl halides is 7. The van der Waals surface area contributed by atoms with E-state index in [4.69, 9.17) is 0 Å². The topological polar surface area (TPSA) is 23.6 Å². The predicted octanol–water partition coefficient (Wildman–Crippen LogP) is 3.68. The molecule has 1 aromatic rings. The molecular formula is C17H17F7N2O. The highest BCUT2D eigenvalue weighted by atomic mass is 19.4. The van der Waals surface area contributed by atoms with Crippen molar-refractivity contribution in [3.63, 3.8) is 0 Å². The van der Waals surface area contributed by atoms with Gasteiger partial charge in [0.05, 0.1) is 0 Å². The quantitative estimate of drug-likeness (QED) is 0.707. The van der Waals surface area contributed by atoms with Crippen molar-refractivity contribution in [1.29, 1.82) is 0 Å². The van der Waals surface area contributed by atoms with Crippen molar-refractivity contribution >= 4 is 12.0 Å². The summed E-state index contributed by atoms with van der Waals surface area (Å²) in [5.41, 5.74) is 0.945. The van der Waals surface area contributed by atoms with E-state index >= 15 is 0 Å². The molecule has 1 aromatic carbocycles. The molecule has 0 spiro atoms. The Bertz CT molecular complexity index is 666. The normalized spacial score (nSPS) is 17.5. The van der Waals surface area contributed by atoms with Gasteiger partial charge in [0, 0.05) is 32.7 Å². The van der Waals surface area contributed by atoms with E-state index in [9.17, 15) is 35.5 Å². The Morgan fingerprint density at radius 3 is 2.00 bits per heavy atom. The zero-order valence-corrected chi connectivity index (χ0v) is 14.0. The average molecular weight is 398 g/mol. The van der Waals surface area contributed by atoms with Gasteiger partial charge in [-0.05, 0) is 5.56 Å². The maximum Gasteiger partial charge on any atom is 0.460 e. The molecule has 0 aliphatic carbocycles. The van der Waals surface area contributed by atoms with Gasteiger partial charge in [0.2, 0.25) is 0 Å². The van der Waals surface area contributed by atoms with Crippen LogP contribution in [0.1, 0.15) is 5.56 Å². The van der Waals surface area contributed by atoms with Gasteiger partial charge < -0.3 is 4.90 Å². The van der Waals surface area contributed by atoms with Gasteiger partial charge >= 0.3 is 18.0 Å². The smallest absolute Gasteiger partial charge is 0.335 e. The molecule has 0 bridgehead atoms. The summed E-state index contributed by atoms with van der Waals surface area (Å²) in [6.07, 6.45) is -2.88. The highest BCUT2D eigenvalue weighted by molar-refractivity contribution is 5.85. The lowest BCUT2D eigenvalue weighted by molar-refractivity contribution is -0.346. The zero-order chi connectivity index (χ0) is 20.3. The van der Waals surface area contributed by atoms with Crippen molar-refractivity contribution in [1.82, 2.24) is 9.80 Å². The van der Waals surface area contributed by atoms with Crippen LogP contribution in [0.2, 0.25) is 0 Å². The number of halogens is 7. The van der Waals surface area contributed by atoms with Crippen LogP contribution in [0.4, 0.5) is 30.7 Å². The van der Waals surface area contributed by atoms with Gasteiger partial charge in [-0.3, -0.25) is 9.69 Å². The van der Waals surface area contributed by atoms with Crippen LogP contribution in [-0.4, -0.2) is 66.5 Å². The number of nitrogens with zero attached hydrogens (tertiary/aromatic N) is 2. The standard InChI is InChI=1S/C17H17F7N2O/c18-15(19,16(20,21)17(22,23)24)14(27)26-11-9-25(10-12-26)8-4-7-13-5-2-1-3-6-13/h1-7H,8-12H2/b7-4+. The molecular weight excluding hydrogens is 381 g/mol. The van der Waals surface area contributed by atoms with Crippen LogP contribution in [0, 0.1) is 0 Å². The fourth-order valence-electron chi connectivity index (χ4n) is 2.55. The Morgan fingerprint density at radius 1 is 0.926 bits per heavy atom. The second kappa shape index (κ2) is 7.87. The third-order valence-electron chi connectivity index (χ3n) is 4.15. The van der Waals surface area contributed by atoms with Gasteiger partial charge in [0.15, 0.2) is 0 Å². The number of carbonyl (C=O) groups excluding carboxylic acids is 1. The van der Waals surface area contributed by atoms with E-state index < -0.39 is 23.9 Å². The van der Waals surface area contributed by atoms with Crippen LogP contribution < -0.4 is 0 Å². The van der Waals surface area contributed by atoms with Gasteiger partial charge in [-0.15, -0.1) is 0 Å². The Morgan fingerprint density at radius 2 is 1.48 bits per heavy atom. The molecule has 1 aliphatic rings. The summed E-state index contributed by atoms with van der Waals surface area (Å²) >= 11 is 0. The molecule has 0 atom stereocenters. The molecule has 27 heavy (non-hydrogen) atoms. The van der Waals surface area contributed by atoms with E-state index in [1.54, 1.807) is 11.0 Å². The fraction of sp³-hybridized carbons (Fsp3) is 0.471. The molecule has 150 valence electrons. The van der Waals surface area contributed by atoms with E-state index in [0.29, 0.717) is 11.4 Å². The molecule has 1 fully saturated rings. The van der Waals surface area contributed by atoms with E-state index in [1.807, 2.05) is 36.4 Å². The minimum atomic E-state index is -6.52. The van der Waals surface area contributed by atoms with Crippen LogP contribution >= 0.6 is 0 Å². The molecule has 1 saturated heterocycles. The van der Waals surface area contributed by atoms with Gasteiger partial charge in [-0.2, -0.15) is 30.7 Å². The first kappa shape index (κ1) is 21.2. The lowest BCUT2D eigenvalue weighted by Gasteiger charge is -2.37.